The third kappa shape index (κ3) is 2.47. The first-order chi connectivity index (χ1) is 9.63. The number of aryl methyl sites for hydroxylation is 1. The zero-order valence-corrected chi connectivity index (χ0v) is 12.3. The molecule has 0 atom stereocenters. The summed E-state index contributed by atoms with van der Waals surface area (Å²) in [5, 5.41) is 0.881. The van der Waals surface area contributed by atoms with Crippen LogP contribution in [-0.2, 0) is 0 Å². The summed E-state index contributed by atoms with van der Waals surface area (Å²) in [6.07, 6.45) is 0. The van der Waals surface area contributed by atoms with E-state index in [2.05, 4.69) is 15.9 Å². The molecule has 0 bridgehead atoms. The molecule has 0 spiro atoms. The lowest BCUT2D eigenvalue weighted by Crippen LogP contribution is -2.07. The van der Waals surface area contributed by atoms with Crippen molar-refractivity contribution in [2.24, 2.45) is 0 Å². The molecular formula is C16H11BrO3. The Hall–Kier alpha value is -2.07. The van der Waals surface area contributed by atoms with Gasteiger partial charge >= 0.3 is 5.97 Å². The molecule has 0 aliphatic rings. The first-order valence-corrected chi connectivity index (χ1v) is 6.90. The van der Waals surface area contributed by atoms with Gasteiger partial charge in [-0.25, -0.2) is 4.79 Å². The molecule has 0 N–H and O–H groups in total. The van der Waals surface area contributed by atoms with Gasteiger partial charge in [0.15, 0.2) is 0 Å². The number of hydrogen-bond donors (Lipinski definition) is 0. The van der Waals surface area contributed by atoms with Crippen LogP contribution in [0.3, 0.4) is 0 Å². The molecule has 0 amide bonds. The highest BCUT2D eigenvalue weighted by atomic mass is 79.9. The van der Waals surface area contributed by atoms with E-state index < -0.39 is 5.97 Å². The van der Waals surface area contributed by atoms with Crippen molar-refractivity contribution >= 4 is 32.9 Å². The minimum atomic E-state index is -0.497. The van der Waals surface area contributed by atoms with Crippen LogP contribution in [0, 0.1) is 6.92 Å². The quantitative estimate of drug-likeness (QED) is 0.504. The predicted molar refractivity (Wildman–Crippen MR) is 80.1 cm³/mol. The maximum atomic E-state index is 12.1. The minimum absolute atomic E-state index is 0.201. The van der Waals surface area contributed by atoms with Crippen LogP contribution in [0.15, 0.2) is 57.4 Å². The topological polar surface area (TPSA) is 39.4 Å². The first-order valence-electron chi connectivity index (χ1n) is 6.10. The van der Waals surface area contributed by atoms with Gasteiger partial charge in [-0.15, -0.1) is 0 Å². The summed E-state index contributed by atoms with van der Waals surface area (Å²) < 4.78 is 11.8. The van der Waals surface area contributed by atoms with Gasteiger partial charge < -0.3 is 9.15 Å². The number of carbonyl (C=O) groups excluding carboxylic acids is 1. The molecule has 1 aromatic heterocycles. The second-order valence-electron chi connectivity index (χ2n) is 4.45. The predicted octanol–water partition coefficient (Wildman–Crippen LogP) is 4.72. The number of halogens is 1. The third-order valence-electron chi connectivity index (χ3n) is 2.97. The van der Waals surface area contributed by atoms with Crippen molar-refractivity contribution in [2.75, 3.05) is 0 Å². The van der Waals surface area contributed by atoms with Crippen molar-refractivity contribution in [3.05, 3.63) is 64.3 Å². The van der Waals surface area contributed by atoms with Crippen LogP contribution in [0.2, 0.25) is 0 Å². The van der Waals surface area contributed by atoms with Crippen molar-refractivity contribution in [3.8, 4) is 5.75 Å². The van der Waals surface area contributed by atoms with Gasteiger partial charge in [-0.05, 0) is 42.8 Å². The molecule has 3 aromatic rings. The van der Waals surface area contributed by atoms with Crippen molar-refractivity contribution in [2.45, 2.75) is 6.92 Å². The molecule has 20 heavy (non-hydrogen) atoms. The third-order valence-corrected chi connectivity index (χ3v) is 3.86. The summed E-state index contributed by atoms with van der Waals surface area (Å²) >= 11 is 3.40. The van der Waals surface area contributed by atoms with E-state index in [9.17, 15) is 4.79 Å². The first kappa shape index (κ1) is 12.9. The number of para-hydroxylation sites is 1. The number of fused-ring (bicyclic) bond motifs is 1. The number of esters is 1. The number of carbonyl (C=O) groups is 1. The van der Waals surface area contributed by atoms with E-state index in [0.717, 1.165) is 15.4 Å². The van der Waals surface area contributed by atoms with Crippen molar-refractivity contribution in [1.29, 1.82) is 0 Å². The lowest BCUT2D eigenvalue weighted by molar-refractivity contribution is 0.0704. The van der Waals surface area contributed by atoms with Gasteiger partial charge in [0.2, 0.25) is 5.76 Å². The zero-order chi connectivity index (χ0) is 14.1. The second kappa shape index (κ2) is 5.13. The number of ether oxygens (including phenoxy) is 1. The zero-order valence-electron chi connectivity index (χ0n) is 10.7. The standard InChI is InChI=1S/C16H11BrO3/c1-10-8-12(6-7-13(10)17)19-16(18)15-9-11-4-2-3-5-14(11)20-15/h2-9H,1H3. The van der Waals surface area contributed by atoms with Gasteiger partial charge in [-0.3, -0.25) is 0 Å². The van der Waals surface area contributed by atoms with Gasteiger partial charge in [0.05, 0.1) is 0 Å². The molecule has 0 aliphatic carbocycles. The molecule has 3 rings (SSSR count). The van der Waals surface area contributed by atoms with Gasteiger partial charge in [-0.2, -0.15) is 0 Å². The fourth-order valence-electron chi connectivity index (χ4n) is 1.92. The number of furan rings is 1. The highest BCUT2D eigenvalue weighted by molar-refractivity contribution is 9.10. The average Bonchev–Trinajstić information content (AvgIpc) is 2.87. The Balaban J connectivity index is 1.86. The van der Waals surface area contributed by atoms with Crippen LogP contribution in [0.25, 0.3) is 11.0 Å². The molecule has 4 heteroatoms. The molecule has 0 aliphatic heterocycles. The Morgan fingerprint density at radius 2 is 1.95 bits per heavy atom. The van der Waals surface area contributed by atoms with Crippen LogP contribution >= 0.6 is 15.9 Å². The lowest BCUT2D eigenvalue weighted by Gasteiger charge is -2.04. The number of benzene rings is 2. The molecular weight excluding hydrogens is 320 g/mol. The summed E-state index contributed by atoms with van der Waals surface area (Å²) in [4.78, 5) is 12.1. The molecule has 0 saturated heterocycles. The molecule has 2 aromatic carbocycles. The van der Waals surface area contributed by atoms with Crippen LogP contribution in [0.5, 0.6) is 5.75 Å². The Morgan fingerprint density at radius 1 is 1.15 bits per heavy atom. The highest BCUT2D eigenvalue weighted by Gasteiger charge is 2.14. The molecule has 0 fully saturated rings. The maximum absolute atomic E-state index is 12.1. The van der Waals surface area contributed by atoms with E-state index >= 15 is 0 Å². The monoisotopic (exact) mass is 330 g/mol. The summed E-state index contributed by atoms with van der Waals surface area (Å²) in [6.45, 7) is 1.93. The van der Waals surface area contributed by atoms with Crippen molar-refractivity contribution < 1.29 is 13.9 Å². The molecule has 1 heterocycles. The molecule has 100 valence electrons. The smallest absolute Gasteiger partial charge is 0.379 e. The summed E-state index contributed by atoms with van der Waals surface area (Å²) in [6, 6.07) is 14.5. The largest absolute Gasteiger partial charge is 0.449 e. The molecule has 0 unspecified atom stereocenters. The van der Waals surface area contributed by atoms with Gasteiger partial charge in [-0.1, -0.05) is 34.1 Å². The van der Waals surface area contributed by atoms with Gasteiger partial charge in [0, 0.05) is 9.86 Å². The van der Waals surface area contributed by atoms with E-state index in [4.69, 9.17) is 9.15 Å². The van der Waals surface area contributed by atoms with Crippen molar-refractivity contribution in [1.82, 2.24) is 0 Å². The second-order valence-corrected chi connectivity index (χ2v) is 5.30. The van der Waals surface area contributed by atoms with E-state index in [-0.39, 0.29) is 5.76 Å². The maximum Gasteiger partial charge on any atom is 0.379 e. The Labute approximate surface area is 124 Å². The van der Waals surface area contributed by atoms with E-state index in [1.165, 1.54) is 0 Å². The van der Waals surface area contributed by atoms with E-state index in [0.29, 0.717) is 11.3 Å². The highest BCUT2D eigenvalue weighted by Crippen LogP contribution is 2.24. The fraction of sp³-hybridized carbons (Fsp3) is 0.0625. The fourth-order valence-corrected chi connectivity index (χ4v) is 2.17. The average molecular weight is 331 g/mol. The van der Waals surface area contributed by atoms with Gasteiger partial charge in [0.1, 0.15) is 11.3 Å². The Morgan fingerprint density at radius 3 is 2.70 bits per heavy atom. The van der Waals surface area contributed by atoms with E-state index in [1.807, 2.05) is 37.3 Å². The lowest BCUT2D eigenvalue weighted by atomic mass is 10.2. The minimum Gasteiger partial charge on any atom is -0.449 e. The summed E-state index contributed by atoms with van der Waals surface area (Å²) in [5.41, 5.74) is 1.67. The molecule has 0 saturated carbocycles. The van der Waals surface area contributed by atoms with E-state index in [1.54, 1.807) is 18.2 Å². The van der Waals surface area contributed by atoms with Crippen LogP contribution in [0.1, 0.15) is 16.1 Å². The summed E-state index contributed by atoms with van der Waals surface area (Å²) in [7, 11) is 0. The van der Waals surface area contributed by atoms with Crippen LogP contribution < -0.4 is 4.74 Å². The van der Waals surface area contributed by atoms with Crippen molar-refractivity contribution in [3.63, 3.8) is 0 Å². The molecule has 0 radical (unpaired) electrons. The Kier molecular flexibility index (Phi) is 3.32. The Bertz CT molecular complexity index is 756. The van der Waals surface area contributed by atoms with Crippen LogP contribution in [-0.4, -0.2) is 5.97 Å². The number of rotatable bonds is 2. The molecule has 3 nitrogen and oxygen atoms in total. The SMILES string of the molecule is Cc1cc(OC(=O)c2cc3ccccc3o2)ccc1Br. The normalized spacial score (nSPS) is 10.7. The summed E-state index contributed by atoms with van der Waals surface area (Å²) in [5.74, 6) is 0.200. The number of hydrogen-bond acceptors (Lipinski definition) is 3. The van der Waals surface area contributed by atoms with Crippen LogP contribution in [0.4, 0.5) is 0 Å². The van der Waals surface area contributed by atoms with Gasteiger partial charge in [0.25, 0.3) is 0 Å².